The van der Waals surface area contributed by atoms with Crippen LogP contribution in [0, 0.1) is 0 Å². The van der Waals surface area contributed by atoms with Gasteiger partial charge in [0.25, 0.3) is 6.43 Å². The fraction of sp³-hybridized carbons (Fsp3) is 0.700. The van der Waals surface area contributed by atoms with Crippen LogP contribution in [0.4, 0.5) is 14.7 Å². The maximum Gasteiger partial charge on any atom is 0.324 e. The van der Waals surface area contributed by atoms with E-state index in [1.54, 1.807) is 13.8 Å². The molecule has 0 aliphatic carbocycles. The molecule has 0 saturated heterocycles. The van der Waals surface area contributed by atoms with Crippen LogP contribution in [0.25, 0.3) is 0 Å². The first-order valence-electron chi connectivity index (χ1n) is 5.58. The molecule has 0 fully saturated rings. The van der Waals surface area contributed by atoms with Crippen molar-refractivity contribution in [1.82, 2.24) is 15.0 Å². The van der Waals surface area contributed by atoms with Gasteiger partial charge in [0.15, 0.2) is 6.61 Å². The van der Waals surface area contributed by atoms with Crippen LogP contribution in [-0.2, 0) is 0 Å². The summed E-state index contributed by atoms with van der Waals surface area (Å²) in [6, 6.07) is -0.142. The molecule has 0 bridgehead atoms. The minimum atomic E-state index is -2.58. The van der Waals surface area contributed by atoms with Gasteiger partial charge >= 0.3 is 12.0 Å². The van der Waals surface area contributed by atoms with E-state index in [0.717, 1.165) is 0 Å². The van der Waals surface area contributed by atoms with Crippen molar-refractivity contribution < 1.29 is 18.3 Å². The largest absolute Gasteiger partial charge is 0.461 e. The molecule has 1 aromatic rings. The van der Waals surface area contributed by atoms with E-state index in [1.807, 2.05) is 6.92 Å². The molecule has 1 heterocycles. The third kappa shape index (κ3) is 5.07. The normalized spacial score (nSPS) is 10.8. The molecular formula is C10H16F2N4O2. The summed E-state index contributed by atoms with van der Waals surface area (Å²) in [6.45, 7) is 5.27. The zero-order valence-corrected chi connectivity index (χ0v) is 10.5. The first-order valence-corrected chi connectivity index (χ1v) is 5.58. The Kier molecular flexibility index (Phi) is 5.47. The van der Waals surface area contributed by atoms with Gasteiger partial charge in [-0.3, -0.25) is 0 Å². The van der Waals surface area contributed by atoms with Crippen LogP contribution in [0.1, 0.15) is 20.8 Å². The number of nitrogens with one attached hydrogen (secondary N) is 1. The van der Waals surface area contributed by atoms with E-state index in [9.17, 15) is 8.78 Å². The standard InChI is InChI=1S/C10H16F2N4O2/c1-4-13-8-14-9(17-5-7(11)12)16-10(15-8)18-6(2)3/h6-7H,4-5H2,1-3H3,(H,13,14,15,16). The smallest absolute Gasteiger partial charge is 0.324 e. The Balaban J connectivity index is 2.83. The second-order valence-corrected chi connectivity index (χ2v) is 3.62. The molecule has 102 valence electrons. The molecule has 1 aromatic heterocycles. The predicted molar refractivity (Wildman–Crippen MR) is 61.3 cm³/mol. The lowest BCUT2D eigenvalue weighted by Gasteiger charge is -2.11. The SMILES string of the molecule is CCNc1nc(OCC(F)F)nc(OC(C)C)n1. The number of nitrogens with zero attached hydrogens (tertiary/aromatic N) is 3. The Labute approximate surface area is 104 Å². The highest BCUT2D eigenvalue weighted by Crippen LogP contribution is 2.14. The van der Waals surface area contributed by atoms with Gasteiger partial charge in [0.1, 0.15) is 0 Å². The van der Waals surface area contributed by atoms with Gasteiger partial charge in [0.05, 0.1) is 6.10 Å². The number of halogens is 2. The van der Waals surface area contributed by atoms with E-state index in [2.05, 4.69) is 20.3 Å². The van der Waals surface area contributed by atoms with Gasteiger partial charge in [-0.25, -0.2) is 8.78 Å². The van der Waals surface area contributed by atoms with Crippen molar-refractivity contribution in [3.63, 3.8) is 0 Å². The van der Waals surface area contributed by atoms with Crippen LogP contribution in [0.2, 0.25) is 0 Å². The topological polar surface area (TPSA) is 69.2 Å². The number of rotatable bonds is 7. The maximum atomic E-state index is 12.0. The molecule has 0 aliphatic heterocycles. The van der Waals surface area contributed by atoms with Crippen LogP contribution in [-0.4, -0.2) is 40.6 Å². The summed E-state index contributed by atoms with van der Waals surface area (Å²) in [5.41, 5.74) is 0. The first-order chi connectivity index (χ1) is 8.51. The summed E-state index contributed by atoms with van der Waals surface area (Å²) < 4.78 is 34.1. The van der Waals surface area contributed by atoms with Gasteiger partial charge in [-0.2, -0.15) is 9.97 Å². The quantitative estimate of drug-likeness (QED) is 0.807. The zero-order chi connectivity index (χ0) is 13.5. The average Bonchev–Trinajstić information content (AvgIpc) is 2.25. The van der Waals surface area contributed by atoms with E-state index in [0.29, 0.717) is 6.54 Å². The molecule has 1 N–H and O–H groups in total. The summed E-state index contributed by atoms with van der Waals surface area (Å²) in [6.07, 6.45) is -2.72. The molecular weight excluding hydrogens is 246 g/mol. The molecule has 0 amide bonds. The fourth-order valence-corrected chi connectivity index (χ4v) is 1.04. The number of alkyl halides is 2. The van der Waals surface area contributed by atoms with Crippen molar-refractivity contribution in [3.8, 4) is 12.0 Å². The van der Waals surface area contributed by atoms with E-state index in [-0.39, 0.29) is 24.1 Å². The Bertz CT molecular complexity index is 377. The monoisotopic (exact) mass is 262 g/mol. The number of anilines is 1. The summed E-state index contributed by atoms with van der Waals surface area (Å²) in [5, 5.41) is 2.84. The second kappa shape index (κ2) is 6.87. The highest BCUT2D eigenvalue weighted by atomic mass is 19.3. The molecule has 6 nitrogen and oxygen atoms in total. The van der Waals surface area contributed by atoms with Gasteiger partial charge in [0.2, 0.25) is 5.95 Å². The molecule has 8 heteroatoms. The van der Waals surface area contributed by atoms with E-state index in [4.69, 9.17) is 9.47 Å². The van der Waals surface area contributed by atoms with Crippen LogP contribution < -0.4 is 14.8 Å². The fourth-order valence-electron chi connectivity index (χ4n) is 1.04. The third-order valence-electron chi connectivity index (χ3n) is 1.61. The van der Waals surface area contributed by atoms with Gasteiger partial charge in [0, 0.05) is 6.54 Å². The van der Waals surface area contributed by atoms with Gasteiger partial charge in [-0.05, 0) is 20.8 Å². The molecule has 0 spiro atoms. The number of hydrogen-bond acceptors (Lipinski definition) is 6. The van der Waals surface area contributed by atoms with Crippen LogP contribution >= 0.6 is 0 Å². The van der Waals surface area contributed by atoms with Crippen molar-refractivity contribution in [2.24, 2.45) is 0 Å². The number of hydrogen-bond donors (Lipinski definition) is 1. The molecule has 0 radical (unpaired) electrons. The minimum absolute atomic E-state index is 0.0419. The summed E-state index contributed by atoms with van der Waals surface area (Å²) in [4.78, 5) is 11.6. The Morgan fingerprint density at radius 3 is 2.39 bits per heavy atom. The molecule has 0 atom stereocenters. The van der Waals surface area contributed by atoms with Crippen molar-refractivity contribution in [1.29, 1.82) is 0 Å². The van der Waals surface area contributed by atoms with Crippen molar-refractivity contribution in [2.45, 2.75) is 33.3 Å². The number of aromatic nitrogens is 3. The van der Waals surface area contributed by atoms with Crippen LogP contribution in [0.3, 0.4) is 0 Å². The third-order valence-corrected chi connectivity index (χ3v) is 1.61. The minimum Gasteiger partial charge on any atom is -0.461 e. The molecule has 1 rings (SSSR count). The number of ether oxygens (including phenoxy) is 2. The van der Waals surface area contributed by atoms with Gasteiger partial charge < -0.3 is 14.8 Å². The Morgan fingerprint density at radius 1 is 1.17 bits per heavy atom. The molecule has 0 unspecified atom stereocenters. The lowest BCUT2D eigenvalue weighted by atomic mass is 10.5. The lowest BCUT2D eigenvalue weighted by molar-refractivity contribution is 0.0760. The predicted octanol–water partition coefficient (Wildman–Crippen LogP) is 1.73. The van der Waals surface area contributed by atoms with Gasteiger partial charge in [-0.1, -0.05) is 0 Å². The summed E-state index contributed by atoms with van der Waals surface area (Å²) >= 11 is 0. The van der Waals surface area contributed by atoms with E-state index >= 15 is 0 Å². The molecule has 0 aromatic carbocycles. The highest BCUT2D eigenvalue weighted by molar-refractivity contribution is 5.27. The highest BCUT2D eigenvalue weighted by Gasteiger charge is 2.11. The van der Waals surface area contributed by atoms with E-state index in [1.165, 1.54) is 0 Å². The van der Waals surface area contributed by atoms with Crippen LogP contribution in [0.5, 0.6) is 12.0 Å². The zero-order valence-electron chi connectivity index (χ0n) is 10.5. The molecule has 18 heavy (non-hydrogen) atoms. The van der Waals surface area contributed by atoms with Crippen molar-refractivity contribution in [2.75, 3.05) is 18.5 Å². The Morgan fingerprint density at radius 2 is 1.83 bits per heavy atom. The van der Waals surface area contributed by atoms with Crippen molar-refractivity contribution >= 4 is 5.95 Å². The molecule has 0 saturated carbocycles. The first kappa shape index (κ1) is 14.3. The summed E-state index contributed by atoms with van der Waals surface area (Å²) in [7, 11) is 0. The van der Waals surface area contributed by atoms with Crippen LogP contribution in [0.15, 0.2) is 0 Å². The van der Waals surface area contributed by atoms with Crippen molar-refractivity contribution in [3.05, 3.63) is 0 Å². The Hall–Kier alpha value is -1.73. The molecule has 0 aliphatic rings. The average molecular weight is 262 g/mol. The lowest BCUT2D eigenvalue weighted by Crippen LogP contribution is -2.14. The summed E-state index contributed by atoms with van der Waals surface area (Å²) in [5.74, 6) is 0.229. The maximum absolute atomic E-state index is 12.0. The van der Waals surface area contributed by atoms with E-state index < -0.39 is 13.0 Å². The second-order valence-electron chi connectivity index (χ2n) is 3.62. The van der Waals surface area contributed by atoms with Gasteiger partial charge in [-0.15, -0.1) is 4.98 Å².